The molecule has 0 aliphatic carbocycles. The highest BCUT2D eigenvalue weighted by atomic mass is 16.6. The number of rotatable bonds is 3. The Kier molecular flexibility index (Phi) is 5.84. The molecular weight excluding hydrogens is 344 g/mol. The van der Waals surface area contributed by atoms with Crippen molar-refractivity contribution in [2.75, 3.05) is 44.9 Å². The molecule has 0 aromatic heterocycles. The summed E-state index contributed by atoms with van der Waals surface area (Å²) in [6.07, 6.45) is 1.42. The summed E-state index contributed by atoms with van der Waals surface area (Å²) in [4.78, 5) is 16.6. The molecule has 0 bridgehead atoms. The average Bonchev–Trinajstić information content (AvgIpc) is 2.80. The molecule has 0 fully saturated rings. The van der Waals surface area contributed by atoms with Crippen molar-refractivity contribution < 1.29 is 19.0 Å². The molecule has 2 aliphatic rings. The topological polar surface area (TPSA) is 51.2 Å². The number of anilines is 1. The summed E-state index contributed by atoms with van der Waals surface area (Å²) in [7, 11) is 1.73. The molecule has 2 aliphatic heterocycles. The normalized spacial score (nSPS) is 19.7. The van der Waals surface area contributed by atoms with Crippen LogP contribution in [0.15, 0.2) is 12.1 Å². The van der Waals surface area contributed by atoms with Crippen molar-refractivity contribution in [3.8, 4) is 5.75 Å². The Balaban J connectivity index is 1.78. The van der Waals surface area contributed by atoms with Gasteiger partial charge in [0, 0.05) is 26.7 Å². The van der Waals surface area contributed by atoms with E-state index in [0.29, 0.717) is 32.3 Å². The SMILES string of the molecule is COCCN1c2cc3c(cc2OC[C@H]1C)CCN(C(=O)OC(C)(C)C)CC3. The molecule has 1 aromatic carbocycles. The van der Waals surface area contributed by atoms with Crippen LogP contribution in [0.25, 0.3) is 0 Å². The van der Waals surface area contributed by atoms with Crippen molar-refractivity contribution >= 4 is 11.8 Å². The van der Waals surface area contributed by atoms with Crippen molar-refractivity contribution in [2.45, 2.75) is 52.2 Å². The molecule has 27 heavy (non-hydrogen) atoms. The van der Waals surface area contributed by atoms with Gasteiger partial charge in [0.15, 0.2) is 0 Å². The van der Waals surface area contributed by atoms with Crippen LogP contribution in [-0.2, 0) is 22.3 Å². The lowest BCUT2D eigenvalue weighted by Gasteiger charge is -2.37. The Bertz CT molecular complexity index is 683. The largest absolute Gasteiger partial charge is 0.489 e. The Hall–Kier alpha value is -1.95. The summed E-state index contributed by atoms with van der Waals surface area (Å²) in [5, 5.41) is 0. The fourth-order valence-corrected chi connectivity index (χ4v) is 3.66. The van der Waals surface area contributed by atoms with E-state index in [1.54, 1.807) is 7.11 Å². The zero-order chi connectivity index (χ0) is 19.6. The molecule has 0 saturated heterocycles. The fraction of sp³-hybridized carbons (Fsp3) is 0.667. The summed E-state index contributed by atoms with van der Waals surface area (Å²) in [5.41, 5.74) is 3.22. The van der Waals surface area contributed by atoms with Crippen LogP contribution in [0.2, 0.25) is 0 Å². The number of hydrogen-bond donors (Lipinski definition) is 0. The highest BCUT2D eigenvalue weighted by molar-refractivity contribution is 5.69. The number of amides is 1. The third-order valence-electron chi connectivity index (χ3n) is 5.09. The molecule has 6 nitrogen and oxygen atoms in total. The molecule has 1 aromatic rings. The number of ether oxygens (including phenoxy) is 3. The van der Waals surface area contributed by atoms with Gasteiger partial charge in [0.2, 0.25) is 0 Å². The van der Waals surface area contributed by atoms with Gasteiger partial charge in [-0.15, -0.1) is 0 Å². The molecule has 0 unspecified atom stereocenters. The number of fused-ring (bicyclic) bond motifs is 2. The number of carbonyl (C=O) groups excluding carboxylic acids is 1. The van der Waals surface area contributed by atoms with Crippen LogP contribution in [0.4, 0.5) is 10.5 Å². The quantitative estimate of drug-likeness (QED) is 0.810. The third-order valence-corrected chi connectivity index (χ3v) is 5.09. The van der Waals surface area contributed by atoms with Gasteiger partial charge in [0.25, 0.3) is 0 Å². The van der Waals surface area contributed by atoms with Gasteiger partial charge in [-0.1, -0.05) is 0 Å². The zero-order valence-electron chi connectivity index (χ0n) is 17.2. The van der Waals surface area contributed by atoms with E-state index in [1.807, 2.05) is 25.7 Å². The predicted molar refractivity (Wildman–Crippen MR) is 106 cm³/mol. The molecule has 0 spiro atoms. The lowest BCUT2D eigenvalue weighted by molar-refractivity contribution is 0.0258. The van der Waals surface area contributed by atoms with Gasteiger partial charge in [-0.05, 0) is 63.8 Å². The number of hydrogen-bond acceptors (Lipinski definition) is 5. The van der Waals surface area contributed by atoms with Gasteiger partial charge in [0.1, 0.15) is 18.0 Å². The van der Waals surface area contributed by atoms with Crippen LogP contribution in [-0.4, -0.2) is 62.6 Å². The van der Waals surface area contributed by atoms with E-state index in [2.05, 4.69) is 24.0 Å². The maximum atomic E-state index is 12.4. The molecule has 1 atom stereocenters. The van der Waals surface area contributed by atoms with E-state index in [1.165, 1.54) is 11.1 Å². The lowest BCUT2D eigenvalue weighted by atomic mass is 9.99. The fourth-order valence-electron chi connectivity index (χ4n) is 3.66. The summed E-state index contributed by atoms with van der Waals surface area (Å²) < 4.78 is 16.8. The van der Waals surface area contributed by atoms with Crippen molar-refractivity contribution in [2.24, 2.45) is 0 Å². The maximum absolute atomic E-state index is 12.4. The third kappa shape index (κ3) is 4.67. The van der Waals surface area contributed by atoms with Crippen LogP contribution in [0.3, 0.4) is 0 Å². The van der Waals surface area contributed by atoms with E-state index in [4.69, 9.17) is 14.2 Å². The maximum Gasteiger partial charge on any atom is 0.410 e. The summed E-state index contributed by atoms with van der Waals surface area (Å²) in [5.74, 6) is 0.939. The smallest absolute Gasteiger partial charge is 0.410 e. The summed E-state index contributed by atoms with van der Waals surface area (Å²) >= 11 is 0. The zero-order valence-corrected chi connectivity index (χ0v) is 17.2. The molecule has 0 saturated carbocycles. The highest BCUT2D eigenvalue weighted by Gasteiger charge is 2.28. The van der Waals surface area contributed by atoms with Gasteiger partial charge in [-0.25, -0.2) is 4.79 Å². The first-order chi connectivity index (χ1) is 12.8. The monoisotopic (exact) mass is 376 g/mol. The first kappa shape index (κ1) is 19.8. The van der Waals surface area contributed by atoms with Crippen LogP contribution in [0.1, 0.15) is 38.8 Å². The minimum atomic E-state index is -0.471. The Morgan fingerprint density at radius 3 is 2.52 bits per heavy atom. The standard InChI is InChI=1S/C21H32N2O4/c1-15-14-26-19-13-17-7-9-22(20(24)27-21(2,3)4)8-6-16(17)12-18(19)23(15)10-11-25-5/h12-13,15H,6-11,14H2,1-5H3/t15-/m1/s1. The van der Waals surface area contributed by atoms with Gasteiger partial charge in [0.05, 0.1) is 18.3 Å². The minimum Gasteiger partial charge on any atom is -0.489 e. The molecule has 6 heteroatoms. The number of methoxy groups -OCH3 is 1. The lowest BCUT2D eigenvalue weighted by Crippen LogP contribution is -2.43. The van der Waals surface area contributed by atoms with E-state index >= 15 is 0 Å². The van der Waals surface area contributed by atoms with Crippen molar-refractivity contribution in [1.82, 2.24) is 4.90 Å². The first-order valence-corrected chi connectivity index (χ1v) is 9.80. The van der Waals surface area contributed by atoms with Crippen LogP contribution in [0, 0.1) is 0 Å². The second-order valence-electron chi connectivity index (χ2n) is 8.40. The van der Waals surface area contributed by atoms with Gasteiger partial charge in [-0.2, -0.15) is 0 Å². The van der Waals surface area contributed by atoms with Crippen LogP contribution >= 0.6 is 0 Å². The highest BCUT2D eigenvalue weighted by Crippen LogP contribution is 2.37. The average molecular weight is 376 g/mol. The molecular formula is C21H32N2O4. The second-order valence-corrected chi connectivity index (χ2v) is 8.40. The molecule has 2 heterocycles. The van der Waals surface area contributed by atoms with Crippen molar-refractivity contribution in [1.29, 1.82) is 0 Å². The molecule has 0 radical (unpaired) electrons. The molecule has 3 rings (SSSR count). The van der Waals surface area contributed by atoms with E-state index in [-0.39, 0.29) is 6.09 Å². The first-order valence-electron chi connectivity index (χ1n) is 9.80. The molecule has 150 valence electrons. The van der Waals surface area contributed by atoms with E-state index in [9.17, 15) is 4.79 Å². The van der Waals surface area contributed by atoms with E-state index < -0.39 is 5.60 Å². The Labute approximate surface area is 162 Å². The summed E-state index contributed by atoms with van der Waals surface area (Å²) in [6, 6.07) is 4.72. The van der Waals surface area contributed by atoms with Crippen molar-refractivity contribution in [3.05, 3.63) is 23.3 Å². The van der Waals surface area contributed by atoms with Crippen molar-refractivity contribution in [3.63, 3.8) is 0 Å². The van der Waals surface area contributed by atoms with Crippen LogP contribution < -0.4 is 9.64 Å². The summed E-state index contributed by atoms with van der Waals surface area (Å²) in [6.45, 7) is 11.4. The Morgan fingerprint density at radius 1 is 1.22 bits per heavy atom. The molecule has 1 amide bonds. The van der Waals surface area contributed by atoms with Gasteiger partial charge < -0.3 is 24.0 Å². The van der Waals surface area contributed by atoms with E-state index in [0.717, 1.165) is 30.8 Å². The van der Waals surface area contributed by atoms with Gasteiger partial charge >= 0.3 is 6.09 Å². The second kappa shape index (κ2) is 7.97. The van der Waals surface area contributed by atoms with Crippen LogP contribution in [0.5, 0.6) is 5.75 Å². The number of nitrogens with zero attached hydrogens (tertiary/aromatic N) is 2. The predicted octanol–water partition coefficient (Wildman–Crippen LogP) is 3.26. The van der Waals surface area contributed by atoms with Gasteiger partial charge in [-0.3, -0.25) is 0 Å². The molecule has 0 N–H and O–H groups in total. The number of carbonyl (C=O) groups is 1. The number of benzene rings is 1. The Morgan fingerprint density at radius 2 is 1.89 bits per heavy atom. The minimum absolute atomic E-state index is 0.230.